The number of hydrogen-bond acceptors (Lipinski definition) is 3. The van der Waals surface area contributed by atoms with E-state index in [1.54, 1.807) is 6.20 Å². The molecule has 0 spiro atoms. The van der Waals surface area contributed by atoms with Gasteiger partial charge in [0.05, 0.1) is 6.61 Å². The molecular formula is C22H24N2O4. The van der Waals surface area contributed by atoms with Gasteiger partial charge in [-0.25, -0.2) is 4.79 Å². The van der Waals surface area contributed by atoms with Crippen molar-refractivity contribution in [3.8, 4) is 5.75 Å². The van der Waals surface area contributed by atoms with Gasteiger partial charge in [-0.1, -0.05) is 36.4 Å². The van der Waals surface area contributed by atoms with Crippen LogP contribution in [0.4, 0.5) is 0 Å². The number of aromatic nitrogens is 1. The molecule has 3 rings (SSSR count). The van der Waals surface area contributed by atoms with Gasteiger partial charge in [0.2, 0.25) is 5.91 Å². The molecule has 28 heavy (non-hydrogen) atoms. The second-order valence-corrected chi connectivity index (χ2v) is 6.74. The maximum absolute atomic E-state index is 12.2. The van der Waals surface area contributed by atoms with Gasteiger partial charge in [0.15, 0.2) is 0 Å². The molecule has 146 valence electrons. The largest absolute Gasteiger partial charge is 0.493 e. The van der Waals surface area contributed by atoms with Crippen molar-refractivity contribution in [2.24, 2.45) is 0 Å². The molecule has 1 atom stereocenters. The zero-order valence-electron chi connectivity index (χ0n) is 15.8. The topological polar surface area (TPSA) is 91.4 Å². The zero-order valence-corrected chi connectivity index (χ0v) is 15.8. The predicted molar refractivity (Wildman–Crippen MR) is 107 cm³/mol. The Kier molecular flexibility index (Phi) is 6.32. The number of nitrogens with one attached hydrogen (secondary N) is 2. The molecule has 1 amide bonds. The fraction of sp³-hybridized carbons (Fsp3) is 0.273. The van der Waals surface area contributed by atoms with Crippen molar-refractivity contribution in [1.82, 2.24) is 10.3 Å². The molecule has 6 nitrogen and oxygen atoms in total. The number of H-pyrrole nitrogens is 1. The Labute approximate surface area is 163 Å². The lowest BCUT2D eigenvalue weighted by molar-refractivity contribution is -0.141. The summed E-state index contributed by atoms with van der Waals surface area (Å²) in [5.74, 6) is -0.541. The Hall–Kier alpha value is -3.28. The molecule has 1 unspecified atom stereocenters. The first-order valence-corrected chi connectivity index (χ1v) is 9.30. The van der Waals surface area contributed by atoms with Crippen molar-refractivity contribution in [2.45, 2.75) is 32.2 Å². The second kappa shape index (κ2) is 9.08. The smallest absolute Gasteiger partial charge is 0.326 e. The second-order valence-electron chi connectivity index (χ2n) is 6.74. The normalized spacial score (nSPS) is 11.9. The predicted octanol–water partition coefficient (Wildman–Crippen LogP) is 3.45. The molecule has 6 heteroatoms. The number of benzene rings is 2. The molecule has 0 aliphatic heterocycles. The third-order valence-electron chi connectivity index (χ3n) is 4.63. The van der Waals surface area contributed by atoms with Crippen LogP contribution in [0.2, 0.25) is 0 Å². The average molecular weight is 380 g/mol. The molecule has 0 aliphatic rings. The van der Waals surface area contributed by atoms with E-state index >= 15 is 0 Å². The standard InChI is InChI=1S/C22H24N2O4/c1-15-7-2-5-10-20(15)28-12-6-11-21(25)24-19(22(26)27)13-16-14-23-18-9-4-3-8-17(16)18/h2-5,7-10,14,19,23H,6,11-13H2,1H3,(H,24,25)(H,26,27). The minimum absolute atomic E-state index is 0.212. The first kappa shape index (κ1) is 19.5. The van der Waals surface area contributed by atoms with Crippen LogP contribution < -0.4 is 10.1 Å². The molecule has 0 aliphatic carbocycles. The Morgan fingerprint density at radius 3 is 2.68 bits per heavy atom. The summed E-state index contributed by atoms with van der Waals surface area (Å²) in [5.41, 5.74) is 2.85. The molecule has 0 saturated heterocycles. The third kappa shape index (κ3) is 4.91. The lowest BCUT2D eigenvalue weighted by atomic mass is 10.0. The van der Waals surface area contributed by atoms with Crippen molar-refractivity contribution in [1.29, 1.82) is 0 Å². The number of carboxylic acid groups (broad SMARTS) is 1. The summed E-state index contributed by atoms with van der Waals surface area (Å²) in [4.78, 5) is 26.9. The summed E-state index contributed by atoms with van der Waals surface area (Å²) in [6.07, 6.45) is 2.75. The molecule has 1 heterocycles. The Morgan fingerprint density at radius 1 is 1.14 bits per heavy atom. The summed E-state index contributed by atoms with van der Waals surface area (Å²) < 4.78 is 5.67. The number of amides is 1. The van der Waals surface area contributed by atoms with Crippen molar-refractivity contribution >= 4 is 22.8 Å². The fourth-order valence-corrected chi connectivity index (χ4v) is 3.12. The first-order valence-electron chi connectivity index (χ1n) is 9.30. The molecule has 2 aromatic carbocycles. The number of aliphatic carboxylic acids is 1. The van der Waals surface area contributed by atoms with Gasteiger partial charge in [-0.05, 0) is 36.6 Å². The van der Waals surface area contributed by atoms with Crippen LogP contribution >= 0.6 is 0 Å². The fourth-order valence-electron chi connectivity index (χ4n) is 3.12. The molecule has 0 radical (unpaired) electrons. The number of para-hydroxylation sites is 2. The number of aryl methyl sites for hydroxylation is 1. The quantitative estimate of drug-likeness (QED) is 0.496. The molecule has 0 fully saturated rings. The van der Waals surface area contributed by atoms with Gasteiger partial charge in [0.25, 0.3) is 0 Å². The first-order chi connectivity index (χ1) is 13.5. The Morgan fingerprint density at radius 2 is 1.89 bits per heavy atom. The zero-order chi connectivity index (χ0) is 19.9. The van der Waals surface area contributed by atoms with Crippen LogP contribution in [0.1, 0.15) is 24.0 Å². The van der Waals surface area contributed by atoms with Crippen LogP contribution in [0, 0.1) is 6.92 Å². The minimum Gasteiger partial charge on any atom is -0.493 e. The highest BCUT2D eigenvalue weighted by molar-refractivity contribution is 5.86. The van der Waals surface area contributed by atoms with Crippen LogP contribution in [-0.4, -0.2) is 34.6 Å². The lowest BCUT2D eigenvalue weighted by Crippen LogP contribution is -2.42. The van der Waals surface area contributed by atoms with E-state index in [0.717, 1.165) is 27.8 Å². The number of carbonyl (C=O) groups is 2. The number of carbonyl (C=O) groups excluding carboxylic acids is 1. The SMILES string of the molecule is Cc1ccccc1OCCCC(=O)NC(Cc1c[nH]c2ccccc12)C(=O)O. The van der Waals surface area contributed by atoms with Crippen molar-refractivity contribution in [3.05, 3.63) is 65.9 Å². The number of aromatic amines is 1. The monoisotopic (exact) mass is 380 g/mol. The molecule has 3 aromatic rings. The molecule has 1 aromatic heterocycles. The lowest BCUT2D eigenvalue weighted by Gasteiger charge is -2.14. The highest BCUT2D eigenvalue weighted by Crippen LogP contribution is 2.19. The van der Waals surface area contributed by atoms with Crippen LogP contribution in [0.15, 0.2) is 54.7 Å². The van der Waals surface area contributed by atoms with E-state index < -0.39 is 12.0 Å². The van der Waals surface area contributed by atoms with E-state index in [-0.39, 0.29) is 18.7 Å². The molecule has 0 bridgehead atoms. The highest BCUT2D eigenvalue weighted by atomic mass is 16.5. The van der Waals surface area contributed by atoms with Crippen LogP contribution in [0.5, 0.6) is 5.75 Å². The Bertz CT molecular complexity index is 964. The van der Waals surface area contributed by atoms with Crippen molar-refractivity contribution < 1.29 is 19.4 Å². The third-order valence-corrected chi connectivity index (χ3v) is 4.63. The number of ether oxygens (including phenoxy) is 1. The Balaban J connectivity index is 1.50. The number of fused-ring (bicyclic) bond motifs is 1. The average Bonchev–Trinajstić information content (AvgIpc) is 3.09. The summed E-state index contributed by atoms with van der Waals surface area (Å²) >= 11 is 0. The van der Waals surface area contributed by atoms with Gasteiger partial charge >= 0.3 is 5.97 Å². The number of carboxylic acids is 1. The van der Waals surface area contributed by atoms with Crippen LogP contribution in [-0.2, 0) is 16.0 Å². The maximum atomic E-state index is 12.2. The van der Waals surface area contributed by atoms with Crippen molar-refractivity contribution in [3.63, 3.8) is 0 Å². The van der Waals surface area contributed by atoms with Crippen LogP contribution in [0.3, 0.4) is 0 Å². The number of hydrogen-bond donors (Lipinski definition) is 3. The number of rotatable bonds is 9. The van der Waals surface area contributed by atoms with E-state index in [0.29, 0.717) is 13.0 Å². The van der Waals surface area contributed by atoms with E-state index in [1.165, 1.54) is 0 Å². The van der Waals surface area contributed by atoms with Gasteiger partial charge < -0.3 is 20.1 Å². The van der Waals surface area contributed by atoms with Gasteiger partial charge in [-0.2, -0.15) is 0 Å². The van der Waals surface area contributed by atoms with E-state index in [1.807, 2.05) is 55.5 Å². The molecule has 0 saturated carbocycles. The van der Waals surface area contributed by atoms with Crippen molar-refractivity contribution in [2.75, 3.05) is 6.61 Å². The van der Waals surface area contributed by atoms with Crippen LogP contribution in [0.25, 0.3) is 10.9 Å². The maximum Gasteiger partial charge on any atom is 0.326 e. The molecular weight excluding hydrogens is 356 g/mol. The van der Waals surface area contributed by atoms with E-state index in [9.17, 15) is 14.7 Å². The molecule has 3 N–H and O–H groups in total. The van der Waals surface area contributed by atoms with E-state index in [4.69, 9.17) is 4.74 Å². The van der Waals surface area contributed by atoms with Gasteiger partial charge in [-0.15, -0.1) is 0 Å². The van der Waals surface area contributed by atoms with Gasteiger partial charge in [-0.3, -0.25) is 4.79 Å². The summed E-state index contributed by atoms with van der Waals surface area (Å²) in [6.45, 7) is 2.36. The van der Waals surface area contributed by atoms with E-state index in [2.05, 4.69) is 10.3 Å². The summed E-state index contributed by atoms with van der Waals surface area (Å²) in [6, 6.07) is 14.4. The van der Waals surface area contributed by atoms with Gasteiger partial charge in [0.1, 0.15) is 11.8 Å². The summed E-state index contributed by atoms with van der Waals surface area (Å²) in [5, 5.41) is 13.1. The minimum atomic E-state index is -1.05. The highest BCUT2D eigenvalue weighted by Gasteiger charge is 2.21. The van der Waals surface area contributed by atoms with Gasteiger partial charge in [0, 0.05) is 29.9 Å². The summed E-state index contributed by atoms with van der Waals surface area (Å²) in [7, 11) is 0.